The van der Waals surface area contributed by atoms with Crippen molar-refractivity contribution < 1.29 is 14.3 Å². The number of ether oxygens (including phenoxy) is 1. The van der Waals surface area contributed by atoms with E-state index in [-0.39, 0.29) is 36.4 Å². The van der Waals surface area contributed by atoms with Crippen LogP contribution in [0, 0.1) is 6.92 Å². The minimum atomic E-state index is -0.510. The van der Waals surface area contributed by atoms with Gasteiger partial charge in [0.05, 0.1) is 12.5 Å². The minimum Gasteiger partial charge on any atom is -0.456 e. The van der Waals surface area contributed by atoms with Crippen molar-refractivity contribution >= 4 is 39.1 Å². The summed E-state index contributed by atoms with van der Waals surface area (Å²) < 4.78 is 7.44. The van der Waals surface area contributed by atoms with Gasteiger partial charge in [-0.05, 0) is 31.5 Å². The van der Waals surface area contributed by atoms with E-state index in [9.17, 15) is 14.4 Å². The molecule has 0 saturated carbocycles. The van der Waals surface area contributed by atoms with Gasteiger partial charge in [-0.1, -0.05) is 39.4 Å². The van der Waals surface area contributed by atoms with Crippen LogP contribution < -0.4 is 10.2 Å². The predicted octanol–water partition coefficient (Wildman–Crippen LogP) is 2.79. The van der Waals surface area contributed by atoms with Crippen LogP contribution in [0.2, 0.25) is 0 Å². The Labute approximate surface area is 157 Å². The zero-order valence-electron chi connectivity index (χ0n) is 14.0. The maximum absolute atomic E-state index is 11.9. The molecule has 1 amide bonds. The van der Waals surface area contributed by atoms with Crippen LogP contribution in [0.1, 0.15) is 30.6 Å². The van der Waals surface area contributed by atoms with Crippen LogP contribution >= 0.6 is 27.3 Å². The zero-order valence-corrected chi connectivity index (χ0v) is 16.4. The van der Waals surface area contributed by atoms with Crippen LogP contribution in [0.3, 0.4) is 0 Å². The summed E-state index contributed by atoms with van der Waals surface area (Å²) in [5.74, 6) is -0.878. The third kappa shape index (κ3) is 5.82. The monoisotopic (exact) mass is 426 g/mol. The van der Waals surface area contributed by atoms with Gasteiger partial charge < -0.3 is 14.6 Å². The Bertz CT molecular complexity index is 798. The van der Waals surface area contributed by atoms with Crippen molar-refractivity contribution in [2.24, 2.45) is 0 Å². The quantitative estimate of drug-likeness (QED) is 0.690. The van der Waals surface area contributed by atoms with Gasteiger partial charge in [0.1, 0.15) is 0 Å². The Hall–Kier alpha value is -1.93. The van der Waals surface area contributed by atoms with Gasteiger partial charge in [0.2, 0.25) is 0 Å². The van der Waals surface area contributed by atoms with E-state index in [0.29, 0.717) is 0 Å². The topological polar surface area (TPSA) is 77.4 Å². The third-order valence-electron chi connectivity index (χ3n) is 3.63. The van der Waals surface area contributed by atoms with Gasteiger partial charge in [-0.3, -0.25) is 14.4 Å². The SMILES string of the molecule is Cc1csc(=O)n1CCC(=O)OCC(=O)NC(C)c1ccc(Br)cc1. The molecule has 1 heterocycles. The first-order valence-electron chi connectivity index (χ1n) is 7.72. The molecule has 1 unspecified atom stereocenters. The highest BCUT2D eigenvalue weighted by Gasteiger charge is 2.13. The van der Waals surface area contributed by atoms with Gasteiger partial charge in [-0.25, -0.2) is 0 Å². The van der Waals surface area contributed by atoms with Crippen LogP contribution in [-0.2, 0) is 20.9 Å². The van der Waals surface area contributed by atoms with Crippen LogP contribution in [0.4, 0.5) is 0 Å². The van der Waals surface area contributed by atoms with E-state index in [0.717, 1.165) is 27.1 Å². The lowest BCUT2D eigenvalue weighted by molar-refractivity contribution is -0.148. The van der Waals surface area contributed by atoms with E-state index in [1.54, 1.807) is 12.3 Å². The molecule has 0 saturated heterocycles. The Morgan fingerprint density at radius 1 is 1.32 bits per heavy atom. The number of hydrogen-bond donors (Lipinski definition) is 1. The number of carbonyl (C=O) groups excluding carboxylic acids is 2. The first kappa shape index (κ1) is 19.4. The highest BCUT2D eigenvalue weighted by atomic mass is 79.9. The number of aromatic nitrogens is 1. The van der Waals surface area contributed by atoms with Crippen LogP contribution in [0.15, 0.2) is 38.9 Å². The summed E-state index contributed by atoms with van der Waals surface area (Å²) >= 11 is 4.45. The lowest BCUT2D eigenvalue weighted by atomic mass is 10.1. The van der Waals surface area contributed by atoms with Gasteiger partial charge in [-0.15, -0.1) is 0 Å². The molecule has 0 radical (unpaired) electrons. The van der Waals surface area contributed by atoms with E-state index in [2.05, 4.69) is 21.2 Å². The second-order valence-electron chi connectivity index (χ2n) is 5.55. The molecule has 1 aromatic heterocycles. The number of thiazole rings is 1. The van der Waals surface area contributed by atoms with Crippen LogP contribution in [0.25, 0.3) is 0 Å². The summed E-state index contributed by atoms with van der Waals surface area (Å²) in [6, 6.07) is 7.41. The Balaban J connectivity index is 1.74. The van der Waals surface area contributed by atoms with Gasteiger partial charge in [0.25, 0.3) is 5.91 Å². The number of nitrogens with one attached hydrogen (secondary N) is 1. The summed E-state index contributed by atoms with van der Waals surface area (Å²) in [4.78, 5) is 35.1. The smallest absolute Gasteiger partial charge is 0.308 e. The molecule has 2 aromatic rings. The van der Waals surface area contributed by atoms with Crippen molar-refractivity contribution in [3.05, 3.63) is 55.0 Å². The van der Waals surface area contributed by atoms with Gasteiger partial charge in [0, 0.05) is 22.1 Å². The Kier molecular flexibility index (Phi) is 6.95. The maximum Gasteiger partial charge on any atom is 0.308 e. The summed E-state index contributed by atoms with van der Waals surface area (Å²) in [6.07, 6.45) is 0.0486. The van der Waals surface area contributed by atoms with E-state index >= 15 is 0 Å². The number of nitrogens with zero attached hydrogens (tertiary/aromatic N) is 1. The molecule has 1 aromatic carbocycles. The molecule has 0 spiro atoms. The van der Waals surface area contributed by atoms with Gasteiger partial charge in [-0.2, -0.15) is 0 Å². The number of aryl methyl sites for hydroxylation is 1. The lowest BCUT2D eigenvalue weighted by Crippen LogP contribution is -2.31. The van der Waals surface area contributed by atoms with Crippen molar-refractivity contribution in [1.29, 1.82) is 0 Å². The molecule has 0 fully saturated rings. The number of hydrogen-bond acceptors (Lipinski definition) is 5. The Morgan fingerprint density at radius 2 is 2.00 bits per heavy atom. The molecule has 25 heavy (non-hydrogen) atoms. The van der Waals surface area contributed by atoms with Crippen molar-refractivity contribution in [3.8, 4) is 0 Å². The van der Waals surface area contributed by atoms with E-state index in [1.807, 2.05) is 31.2 Å². The minimum absolute atomic E-state index is 0.0486. The van der Waals surface area contributed by atoms with E-state index in [4.69, 9.17) is 4.74 Å². The summed E-state index contributed by atoms with van der Waals surface area (Å²) in [5.41, 5.74) is 1.76. The maximum atomic E-state index is 11.9. The average Bonchev–Trinajstić information content (AvgIpc) is 2.90. The lowest BCUT2D eigenvalue weighted by Gasteiger charge is -2.14. The second-order valence-corrected chi connectivity index (χ2v) is 7.28. The molecule has 6 nitrogen and oxygen atoms in total. The number of amides is 1. The van der Waals surface area contributed by atoms with Crippen molar-refractivity contribution in [2.75, 3.05) is 6.61 Å². The summed E-state index contributed by atoms with van der Waals surface area (Å²) in [6.45, 7) is 3.58. The number of benzene rings is 1. The van der Waals surface area contributed by atoms with Gasteiger partial charge >= 0.3 is 10.8 Å². The fourth-order valence-corrected chi connectivity index (χ4v) is 3.24. The third-order valence-corrected chi connectivity index (χ3v) is 5.04. The molecule has 0 aliphatic carbocycles. The van der Waals surface area contributed by atoms with Crippen molar-refractivity contribution in [3.63, 3.8) is 0 Å². The van der Waals surface area contributed by atoms with Crippen molar-refractivity contribution in [2.45, 2.75) is 32.9 Å². The molecule has 1 N–H and O–H groups in total. The molecule has 8 heteroatoms. The molecular weight excluding hydrogens is 408 g/mol. The number of esters is 1. The first-order chi connectivity index (χ1) is 11.9. The first-order valence-corrected chi connectivity index (χ1v) is 9.39. The van der Waals surface area contributed by atoms with Crippen LogP contribution in [0.5, 0.6) is 0 Å². The molecule has 0 aliphatic heterocycles. The fourth-order valence-electron chi connectivity index (χ4n) is 2.21. The number of halogens is 1. The highest BCUT2D eigenvalue weighted by Crippen LogP contribution is 2.16. The molecular formula is C17H19BrN2O4S. The van der Waals surface area contributed by atoms with E-state index < -0.39 is 5.97 Å². The highest BCUT2D eigenvalue weighted by molar-refractivity contribution is 9.10. The standard InChI is InChI=1S/C17H19BrN2O4S/c1-11-10-25-17(23)20(11)8-7-16(22)24-9-15(21)19-12(2)13-3-5-14(18)6-4-13/h3-6,10,12H,7-9H2,1-2H3,(H,19,21). The van der Waals surface area contributed by atoms with Gasteiger partial charge in [0.15, 0.2) is 6.61 Å². The average molecular weight is 427 g/mol. The molecule has 0 bridgehead atoms. The predicted molar refractivity (Wildman–Crippen MR) is 99.6 cm³/mol. The summed E-state index contributed by atoms with van der Waals surface area (Å²) in [5, 5.41) is 4.51. The van der Waals surface area contributed by atoms with E-state index in [1.165, 1.54) is 4.57 Å². The molecule has 2 rings (SSSR count). The largest absolute Gasteiger partial charge is 0.456 e. The fraction of sp³-hybridized carbons (Fsp3) is 0.353. The molecule has 0 aliphatic rings. The van der Waals surface area contributed by atoms with Crippen molar-refractivity contribution in [1.82, 2.24) is 9.88 Å². The Morgan fingerprint density at radius 3 is 2.60 bits per heavy atom. The number of carbonyl (C=O) groups is 2. The molecule has 134 valence electrons. The zero-order chi connectivity index (χ0) is 18.4. The second kappa shape index (κ2) is 8.96. The normalized spacial score (nSPS) is 11.8. The molecule has 1 atom stereocenters. The van der Waals surface area contributed by atoms with Crippen LogP contribution in [-0.4, -0.2) is 23.1 Å². The number of rotatable bonds is 7. The summed E-state index contributed by atoms with van der Waals surface area (Å²) in [7, 11) is 0.